The molecule has 0 unspecified atom stereocenters. The first-order chi connectivity index (χ1) is 15.5. The maximum atomic E-state index is 14.5. The zero-order valence-corrected chi connectivity index (χ0v) is 17.7. The van der Waals surface area contributed by atoms with E-state index in [4.69, 9.17) is 4.74 Å². The van der Waals surface area contributed by atoms with Crippen LogP contribution in [0.5, 0.6) is 5.75 Å². The van der Waals surface area contributed by atoms with E-state index < -0.39 is 29.5 Å². The lowest BCUT2D eigenvalue weighted by Crippen LogP contribution is -2.21. The molecule has 0 atom stereocenters. The zero-order chi connectivity index (χ0) is 24.2. The summed E-state index contributed by atoms with van der Waals surface area (Å²) in [7, 11) is 0. The molecule has 1 nitrogen and oxygen atoms in total. The average Bonchev–Trinajstić information content (AvgIpc) is 2.73. The van der Waals surface area contributed by atoms with Gasteiger partial charge in [0.05, 0.1) is 5.56 Å². The van der Waals surface area contributed by atoms with Crippen LogP contribution in [-0.4, -0.2) is 0 Å². The number of ether oxygens (including phenoxy) is 1. The Morgan fingerprint density at radius 1 is 0.727 bits per heavy atom. The van der Waals surface area contributed by atoms with Gasteiger partial charge in [-0.05, 0) is 65.9 Å². The Balaban J connectivity index is 1.74. The molecule has 0 heterocycles. The summed E-state index contributed by atoms with van der Waals surface area (Å²) in [5.41, 5.74) is -1.41. The Morgan fingerprint density at radius 3 is 1.82 bits per heavy atom. The SMILES string of the molecule is CCCCCc1ccc(C(F)(F)Oc2ccc(-c3cc(F)c(C(F)(F)F)c(F)c3)cc2)cc1. The number of aryl methyl sites for hydroxylation is 1. The average molecular weight is 470 g/mol. The van der Waals surface area contributed by atoms with Crippen LogP contribution in [0.2, 0.25) is 0 Å². The van der Waals surface area contributed by atoms with Crippen LogP contribution in [0.1, 0.15) is 42.9 Å². The van der Waals surface area contributed by atoms with Crippen LogP contribution in [-0.2, 0) is 18.7 Å². The smallest absolute Gasteiger partial charge is 0.426 e. The number of hydrogen-bond donors (Lipinski definition) is 0. The molecule has 0 aliphatic heterocycles. The predicted molar refractivity (Wildman–Crippen MR) is 111 cm³/mol. The Morgan fingerprint density at radius 2 is 1.30 bits per heavy atom. The Labute approximate surface area is 186 Å². The van der Waals surface area contributed by atoms with E-state index in [0.717, 1.165) is 43.4 Å². The fourth-order valence-electron chi connectivity index (χ4n) is 3.38. The largest absolute Gasteiger partial charge is 0.429 e. The van der Waals surface area contributed by atoms with Gasteiger partial charge in [0.25, 0.3) is 0 Å². The number of rotatable bonds is 8. The summed E-state index contributed by atoms with van der Waals surface area (Å²) in [6.45, 7) is 2.08. The summed E-state index contributed by atoms with van der Waals surface area (Å²) >= 11 is 0. The van der Waals surface area contributed by atoms with Crippen molar-refractivity contribution in [2.75, 3.05) is 0 Å². The van der Waals surface area contributed by atoms with Crippen molar-refractivity contribution in [3.05, 3.63) is 89.0 Å². The standard InChI is InChI=1S/C25H21F7O/c1-2-3-4-5-16-6-10-19(11-7-16)25(31,32)33-20-12-8-17(9-13-20)18-14-21(26)23(22(27)15-18)24(28,29)30/h6-15H,2-5H2,1H3. The molecule has 3 aromatic rings. The summed E-state index contributed by atoms with van der Waals surface area (Å²) in [5, 5.41) is 0. The van der Waals surface area contributed by atoms with Crippen LogP contribution in [0, 0.1) is 11.6 Å². The molecule has 0 radical (unpaired) electrons. The van der Waals surface area contributed by atoms with Gasteiger partial charge in [-0.15, -0.1) is 0 Å². The summed E-state index contributed by atoms with van der Waals surface area (Å²) in [4.78, 5) is 0. The van der Waals surface area contributed by atoms with E-state index in [0.29, 0.717) is 12.1 Å². The molecular weight excluding hydrogens is 449 g/mol. The summed E-state index contributed by atoms with van der Waals surface area (Å²) in [6.07, 6.45) is -4.91. The monoisotopic (exact) mass is 470 g/mol. The molecule has 0 saturated heterocycles. The van der Waals surface area contributed by atoms with Gasteiger partial charge in [0.15, 0.2) is 0 Å². The van der Waals surface area contributed by atoms with Crippen molar-refractivity contribution in [3.63, 3.8) is 0 Å². The lowest BCUT2D eigenvalue weighted by molar-refractivity contribution is -0.185. The minimum absolute atomic E-state index is 0.133. The van der Waals surface area contributed by atoms with E-state index in [1.807, 2.05) is 0 Å². The lowest BCUT2D eigenvalue weighted by Gasteiger charge is -2.19. The van der Waals surface area contributed by atoms with E-state index in [1.165, 1.54) is 24.3 Å². The van der Waals surface area contributed by atoms with Gasteiger partial charge in [0.1, 0.15) is 22.9 Å². The third-order valence-electron chi connectivity index (χ3n) is 5.12. The van der Waals surface area contributed by atoms with Crippen molar-refractivity contribution in [1.82, 2.24) is 0 Å². The van der Waals surface area contributed by atoms with Crippen molar-refractivity contribution in [2.24, 2.45) is 0 Å². The van der Waals surface area contributed by atoms with Crippen molar-refractivity contribution in [3.8, 4) is 16.9 Å². The quantitative estimate of drug-likeness (QED) is 0.237. The van der Waals surface area contributed by atoms with Gasteiger partial charge in [-0.25, -0.2) is 8.78 Å². The second kappa shape index (κ2) is 9.85. The van der Waals surface area contributed by atoms with Crippen LogP contribution in [0.4, 0.5) is 30.7 Å². The topological polar surface area (TPSA) is 9.23 Å². The molecule has 0 spiro atoms. The fraction of sp³-hybridized carbons (Fsp3) is 0.280. The number of benzene rings is 3. The first-order valence-corrected chi connectivity index (χ1v) is 10.3. The fourth-order valence-corrected chi connectivity index (χ4v) is 3.38. The highest BCUT2D eigenvalue weighted by Gasteiger charge is 2.38. The maximum Gasteiger partial charge on any atom is 0.426 e. The molecule has 3 rings (SSSR count). The van der Waals surface area contributed by atoms with Gasteiger partial charge in [-0.2, -0.15) is 22.0 Å². The van der Waals surface area contributed by atoms with Gasteiger partial charge in [0, 0.05) is 0 Å². The van der Waals surface area contributed by atoms with Crippen molar-refractivity contribution >= 4 is 0 Å². The Bertz CT molecular complexity index is 1050. The molecule has 0 N–H and O–H groups in total. The van der Waals surface area contributed by atoms with Crippen LogP contribution >= 0.6 is 0 Å². The number of halogens is 7. The van der Waals surface area contributed by atoms with Crippen molar-refractivity contribution in [1.29, 1.82) is 0 Å². The minimum atomic E-state index is -5.18. The Hall–Kier alpha value is -3.03. The number of unbranched alkanes of at least 4 members (excludes halogenated alkanes) is 2. The molecular formula is C25H21F7O. The van der Waals surface area contributed by atoms with Crippen LogP contribution < -0.4 is 4.74 Å². The molecule has 33 heavy (non-hydrogen) atoms. The highest BCUT2D eigenvalue weighted by atomic mass is 19.4. The Kier molecular flexibility index (Phi) is 7.34. The van der Waals surface area contributed by atoms with Gasteiger partial charge < -0.3 is 4.74 Å². The molecule has 0 aliphatic rings. The van der Waals surface area contributed by atoms with Gasteiger partial charge in [0.2, 0.25) is 0 Å². The number of alkyl halides is 5. The second-order valence-corrected chi connectivity index (χ2v) is 7.61. The molecule has 0 fully saturated rings. The molecule has 0 aliphatic carbocycles. The third-order valence-corrected chi connectivity index (χ3v) is 5.12. The maximum absolute atomic E-state index is 14.5. The first kappa shape index (κ1) is 24.6. The van der Waals surface area contributed by atoms with Crippen molar-refractivity contribution < 1.29 is 35.5 Å². The van der Waals surface area contributed by atoms with Crippen LogP contribution in [0.25, 0.3) is 11.1 Å². The minimum Gasteiger partial charge on any atom is -0.429 e. The second-order valence-electron chi connectivity index (χ2n) is 7.61. The summed E-state index contributed by atoms with van der Waals surface area (Å²) < 4.78 is 99.7. The van der Waals surface area contributed by atoms with E-state index in [2.05, 4.69) is 6.92 Å². The molecule has 0 aromatic heterocycles. The van der Waals surface area contributed by atoms with E-state index in [1.54, 1.807) is 12.1 Å². The highest BCUT2D eigenvalue weighted by molar-refractivity contribution is 5.65. The van der Waals surface area contributed by atoms with Gasteiger partial charge in [-0.3, -0.25) is 0 Å². The first-order valence-electron chi connectivity index (χ1n) is 10.3. The molecule has 0 bridgehead atoms. The molecule has 176 valence electrons. The van der Waals surface area contributed by atoms with Crippen LogP contribution in [0.15, 0.2) is 60.7 Å². The molecule has 0 saturated carbocycles. The van der Waals surface area contributed by atoms with E-state index in [9.17, 15) is 30.7 Å². The van der Waals surface area contributed by atoms with E-state index in [-0.39, 0.29) is 22.4 Å². The predicted octanol–water partition coefficient (Wildman–Crippen LogP) is 8.51. The van der Waals surface area contributed by atoms with Gasteiger partial charge >= 0.3 is 12.3 Å². The summed E-state index contributed by atoms with van der Waals surface area (Å²) in [5.74, 6) is -3.74. The third kappa shape index (κ3) is 6.06. The van der Waals surface area contributed by atoms with E-state index >= 15 is 0 Å². The van der Waals surface area contributed by atoms with Crippen molar-refractivity contribution in [2.45, 2.75) is 44.9 Å². The van der Waals surface area contributed by atoms with Gasteiger partial charge in [-0.1, -0.05) is 44.0 Å². The highest BCUT2D eigenvalue weighted by Crippen LogP contribution is 2.37. The number of hydrogen-bond acceptors (Lipinski definition) is 1. The normalized spacial score (nSPS) is 12.1. The molecule has 3 aromatic carbocycles. The van der Waals surface area contributed by atoms with Crippen LogP contribution in [0.3, 0.4) is 0 Å². The molecule has 8 heteroatoms. The summed E-state index contributed by atoms with van der Waals surface area (Å²) in [6, 6.07) is 11.7. The molecule has 0 amide bonds. The lowest BCUT2D eigenvalue weighted by atomic mass is 10.0. The zero-order valence-electron chi connectivity index (χ0n) is 17.7.